The van der Waals surface area contributed by atoms with Crippen LogP contribution in [0.2, 0.25) is 0 Å². The molecule has 0 saturated carbocycles. The second-order valence-electron chi connectivity index (χ2n) is 6.64. The minimum atomic E-state index is -0.180. The summed E-state index contributed by atoms with van der Waals surface area (Å²) in [5.41, 5.74) is 5.34. The third-order valence-electron chi connectivity index (χ3n) is 4.86. The Bertz CT molecular complexity index is 945. The lowest BCUT2D eigenvalue weighted by molar-refractivity contribution is -0.121. The molecule has 1 aliphatic rings. The third-order valence-corrected chi connectivity index (χ3v) is 4.86. The van der Waals surface area contributed by atoms with Gasteiger partial charge in [-0.2, -0.15) is 0 Å². The summed E-state index contributed by atoms with van der Waals surface area (Å²) in [6.45, 7) is 1.09. The van der Waals surface area contributed by atoms with Crippen LogP contribution in [0.5, 0.6) is 0 Å². The zero-order valence-corrected chi connectivity index (χ0v) is 14.8. The number of para-hydroxylation sites is 3. The van der Waals surface area contributed by atoms with Gasteiger partial charge in [0.25, 0.3) is 0 Å². The summed E-state index contributed by atoms with van der Waals surface area (Å²) in [5, 5.41) is 2.94. The molecule has 0 bridgehead atoms. The largest absolute Gasteiger partial charge is 0.336 e. The van der Waals surface area contributed by atoms with Gasteiger partial charge in [-0.15, -0.1) is 0 Å². The Morgan fingerprint density at radius 2 is 1.67 bits per heavy atom. The van der Waals surface area contributed by atoms with Crippen molar-refractivity contribution in [2.24, 2.45) is 5.92 Å². The maximum absolute atomic E-state index is 12.5. The number of aromatic nitrogens is 2. The van der Waals surface area contributed by atoms with Gasteiger partial charge in [-0.3, -0.25) is 4.79 Å². The lowest BCUT2D eigenvalue weighted by Crippen LogP contribution is -2.45. The first-order chi connectivity index (χ1) is 13.2. The molecule has 0 unspecified atom stereocenters. The van der Waals surface area contributed by atoms with Gasteiger partial charge < -0.3 is 10.2 Å². The van der Waals surface area contributed by atoms with E-state index in [1.165, 1.54) is 0 Å². The summed E-state index contributed by atoms with van der Waals surface area (Å²) < 4.78 is 1.63. The van der Waals surface area contributed by atoms with Crippen molar-refractivity contribution in [2.45, 2.75) is 12.8 Å². The predicted molar refractivity (Wildman–Crippen MR) is 104 cm³/mol. The van der Waals surface area contributed by atoms with Crippen molar-refractivity contribution in [3.63, 3.8) is 0 Å². The Kier molecular flexibility index (Phi) is 4.74. The average Bonchev–Trinajstić information content (AvgIpc) is 3.12. The Morgan fingerprint density at radius 3 is 2.44 bits per heavy atom. The molecule has 138 valence electrons. The number of benzene rings is 2. The second kappa shape index (κ2) is 7.49. The number of imidazole rings is 1. The Hall–Kier alpha value is -3.35. The quantitative estimate of drug-likeness (QED) is 0.751. The van der Waals surface area contributed by atoms with Crippen molar-refractivity contribution >= 4 is 28.7 Å². The van der Waals surface area contributed by atoms with E-state index in [0.717, 1.165) is 16.7 Å². The van der Waals surface area contributed by atoms with Crippen LogP contribution < -0.4 is 10.7 Å². The van der Waals surface area contributed by atoms with E-state index in [9.17, 15) is 9.59 Å². The minimum absolute atomic E-state index is 0.0156. The number of carbonyl (C=O) groups excluding carboxylic acids is 2. The standard InChI is InChI=1S/C20H21N5O2/c26-19(22-16-6-2-1-3-7-16)15-10-12-24(13-11-15)20(27)23-25-14-21-17-8-4-5-9-18(17)25/h1-9,14-15H,10-13H2,(H,22,26)(H,23,27). The molecule has 4 rings (SSSR count). The van der Waals surface area contributed by atoms with Crippen LogP contribution in [-0.4, -0.2) is 39.6 Å². The molecular formula is C20H21N5O2. The third kappa shape index (κ3) is 3.76. The molecule has 0 radical (unpaired) electrons. The van der Waals surface area contributed by atoms with Crippen molar-refractivity contribution in [3.05, 3.63) is 60.9 Å². The molecule has 3 amide bonds. The fourth-order valence-electron chi connectivity index (χ4n) is 3.33. The Labute approximate surface area is 157 Å². The number of urea groups is 1. The Balaban J connectivity index is 1.32. The molecule has 1 saturated heterocycles. The highest BCUT2D eigenvalue weighted by Crippen LogP contribution is 2.20. The summed E-state index contributed by atoms with van der Waals surface area (Å²) in [6.07, 6.45) is 2.90. The van der Waals surface area contributed by atoms with Crippen LogP contribution in [-0.2, 0) is 4.79 Å². The van der Waals surface area contributed by atoms with Gasteiger partial charge in [-0.25, -0.2) is 19.9 Å². The molecule has 2 heterocycles. The topological polar surface area (TPSA) is 79.3 Å². The van der Waals surface area contributed by atoms with E-state index >= 15 is 0 Å². The molecule has 0 aliphatic carbocycles. The molecule has 1 aromatic heterocycles. The van der Waals surface area contributed by atoms with Gasteiger partial charge in [-0.05, 0) is 37.1 Å². The SMILES string of the molecule is O=C(Nc1ccccc1)C1CCN(C(=O)Nn2cnc3ccccc32)CC1. The van der Waals surface area contributed by atoms with E-state index in [2.05, 4.69) is 15.7 Å². The minimum Gasteiger partial charge on any atom is -0.326 e. The average molecular weight is 363 g/mol. The van der Waals surface area contributed by atoms with Gasteiger partial charge in [0.2, 0.25) is 5.91 Å². The van der Waals surface area contributed by atoms with Crippen LogP contribution in [0.15, 0.2) is 60.9 Å². The normalized spacial score (nSPS) is 14.9. The fraction of sp³-hybridized carbons (Fsp3) is 0.250. The van der Waals surface area contributed by atoms with Gasteiger partial charge in [0.15, 0.2) is 0 Å². The summed E-state index contributed by atoms with van der Waals surface area (Å²) in [7, 11) is 0. The van der Waals surface area contributed by atoms with Gasteiger partial charge in [0, 0.05) is 24.7 Å². The van der Waals surface area contributed by atoms with Crippen molar-refractivity contribution < 1.29 is 9.59 Å². The highest BCUT2D eigenvalue weighted by atomic mass is 16.2. The smallest absolute Gasteiger partial charge is 0.326 e. The molecule has 1 aliphatic heterocycles. The van der Waals surface area contributed by atoms with Crippen molar-refractivity contribution in [2.75, 3.05) is 23.8 Å². The molecule has 0 spiro atoms. The van der Waals surface area contributed by atoms with Crippen LogP contribution in [0.25, 0.3) is 11.0 Å². The number of anilines is 1. The number of amides is 3. The van der Waals surface area contributed by atoms with Gasteiger partial charge in [-0.1, -0.05) is 30.3 Å². The van der Waals surface area contributed by atoms with Crippen LogP contribution >= 0.6 is 0 Å². The van der Waals surface area contributed by atoms with Crippen molar-refractivity contribution in [1.82, 2.24) is 14.6 Å². The zero-order chi connectivity index (χ0) is 18.6. The van der Waals surface area contributed by atoms with Gasteiger partial charge >= 0.3 is 6.03 Å². The number of likely N-dealkylation sites (tertiary alicyclic amines) is 1. The molecule has 2 N–H and O–H groups in total. The zero-order valence-electron chi connectivity index (χ0n) is 14.8. The Morgan fingerprint density at radius 1 is 0.963 bits per heavy atom. The van der Waals surface area contributed by atoms with Crippen molar-refractivity contribution in [3.8, 4) is 0 Å². The van der Waals surface area contributed by atoms with E-state index in [0.29, 0.717) is 25.9 Å². The molecule has 7 heteroatoms. The van der Waals surface area contributed by atoms with Gasteiger partial charge in [0.05, 0.1) is 11.0 Å². The lowest BCUT2D eigenvalue weighted by Gasteiger charge is -2.31. The van der Waals surface area contributed by atoms with Crippen LogP contribution in [0, 0.1) is 5.92 Å². The fourth-order valence-corrected chi connectivity index (χ4v) is 3.33. The van der Waals surface area contributed by atoms with Crippen molar-refractivity contribution in [1.29, 1.82) is 0 Å². The summed E-state index contributed by atoms with van der Waals surface area (Å²) >= 11 is 0. The first-order valence-electron chi connectivity index (χ1n) is 9.04. The highest BCUT2D eigenvalue weighted by Gasteiger charge is 2.27. The van der Waals surface area contributed by atoms with E-state index in [4.69, 9.17) is 0 Å². The molecule has 2 aromatic carbocycles. The lowest BCUT2D eigenvalue weighted by atomic mass is 9.96. The number of carbonyl (C=O) groups is 2. The van der Waals surface area contributed by atoms with Crippen LogP contribution in [0.4, 0.5) is 10.5 Å². The summed E-state index contributed by atoms with van der Waals surface area (Å²) in [5.74, 6) is -0.0646. The van der Waals surface area contributed by atoms with E-state index in [1.54, 1.807) is 15.9 Å². The number of nitrogens with zero attached hydrogens (tertiary/aromatic N) is 3. The molecule has 0 atom stereocenters. The molecule has 1 fully saturated rings. The summed E-state index contributed by atoms with van der Waals surface area (Å²) in [4.78, 5) is 31.0. The predicted octanol–water partition coefficient (Wildman–Crippen LogP) is 3.05. The van der Waals surface area contributed by atoms with Crippen LogP contribution in [0.3, 0.4) is 0 Å². The highest BCUT2D eigenvalue weighted by molar-refractivity contribution is 5.93. The molecule has 27 heavy (non-hydrogen) atoms. The summed E-state index contributed by atoms with van der Waals surface area (Å²) in [6, 6.07) is 16.9. The molecular weight excluding hydrogens is 342 g/mol. The van der Waals surface area contributed by atoms with E-state index < -0.39 is 0 Å². The first-order valence-corrected chi connectivity index (χ1v) is 9.04. The number of nitrogens with one attached hydrogen (secondary N) is 2. The monoisotopic (exact) mass is 363 g/mol. The number of fused-ring (bicyclic) bond motifs is 1. The first kappa shape index (κ1) is 17.1. The number of hydrogen-bond donors (Lipinski definition) is 2. The van der Waals surface area contributed by atoms with E-state index in [-0.39, 0.29) is 17.9 Å². The molecule has 7 nitrogen and oxygen atoms in total. The van der Waals surface area contributed by atoms with E-state index in [1.807, 2.05) is 54.6 Å². The van der Waals surface area contributed by atoms with Crippen LogP contribution in [0.1, 0.15) is 12.8 Å². The maximum atomic E-state index is 12.5. The number of hydrogen-bond acceptors (Lipinski definition) is 3. The van der Waals surface area contributed by atoms with Gasteiger partial charge in [0.1, 0.15) is 6.33 Å². The second-order valence-corrected chi connectivity index (χ2v) is 6.64. The number of rotatable bonds is 3. The number of piperidine rings is 1. The maximum Gasteiger partial charge on any atom is 0.336 e. The molecule has 3 aromatic rings.